The number of fused-ring (bicyclic) bond motifs is 1. The highest BCUT2D eigenvalue weighted by Crippen LogP contribution is 2.19. The molecule has 0 atom stereocenters. The lowest BCUT2D eigenvalue weighted by molar-refractivity contribution is -0.124. The SMILES string of the molecule is Cc1ccccc1-n1c(C)nc2cc(F)c(/C=C/C(=O)NO)cc2c1=O. The van der Waals surface area contributed by atoms with Gasteiger partial charge < -0.3 is 0 Å². The van der Waals surface area contributed by atoms with E-state index in [2.05, 4.69) is 4.98 Å². The van der Waals surface area contributed by atoms with Crippen LogP contribution in [-0.4, -0.2) is 20.7 Å². The van der Waals surface area contributed by atoms with Crippen molar-refractivity contribution in [2.24, 2.45) is 0 Å². The molecule has 0 aliphatic rings. The highest BCUT2D eigenvalue weighted by molar-refractivity contribution is 5.91. The summed E-state index contributed by atoms with van der Waals surface area (Å²) in [6.45, 7) is 3.57. The van der Waals surface area contributed by atoms with Crippen molar-refractivity contribution >= 4 is 22.9 Å². The summed E-state index contributed by atoms with van der Waals surface area (Å²) in [6.07, 6.45) is 2.14. The monoisotopic (exact) mass is 353 g/mol. The van der Waals surface area contributed by atoms with Gasteiger partial charge in [0.1, 0.15) is 11.6 Å². The summed E-state index contributed by atoms with van der Waals surface area (Å²) >= 11 is 0. The van der Waals surface area contributed by atoms with Gasteiger partial charge in [-0.3, -0.25) is 19.4 Å². The Morgan fingerprint density at radius 3 is 2.69 bits per heavy atom. The molecule has 0 aliphatic carbocycles. The van der Waals surface area contributed by atoms with Crippen molar-refractivity contribution in [3.63, 3.8) is 0 Å². The van der Waals surface area contributed by atoms with Gasteiger partial charge >= 0.3 is 0 Å². The first kappa shape index (κ1) is 17.5. The Kier molecular flexibility index (Phi) is 4.64. The molecule has 6 nitrogen and oxygen atoms in total. The molecule has 0 bridgehead atoms. The summed E-state index contributed by atoms with van der Waals surface area (Å²) in [5, 5.41) is 8.74. The first-order chi connectivity index (χ1) is 12.4. The molecular formula is C19H16FN3O3. The molecule has 7 heteroatoms. The fraction of sp³-hybridized carbons (Fsp3) is 0.105. The fourth-order valence-electron chi connectivity index (χ4n) is 2.76. The molecule has 0 unspecified atom stereocenters. The van der Waals surface area contributed by atoms with Crippen LogP contribution in [0, 0.1) is 19.7 Å². The van der Waals surface area contributed by atoms with Crippen molar-refractivity contribution in [3.8, 4) is 5.69 Å². The molecule has 0 fully saturated rings. The second kappa shape index (κ2) is 6.89. The van der Waals surface area contributed by atoms with Crippen molar-refractivity contribution in [2.75, 3.05) is 0 Å². The molecule has 0 radical (unpaired) electrons. The molecule has 0 spiro atoms. The number of amides is 1. The minimum atomic E-state index is -0.802. The van der Waals surface area contributed by atoms with E-state index in [9.17, 15) is 14.0 Å². The van der Waals surface area contributed by atoms with Crippen molar-refractivity contribution in [1.29, 1.82) is 0 Å². The number of carbonyl (C=O) groups excluding carboxylic acids is 1. The van der Waals surface area contributed by atoms with Crippen molar-refractivity contribution in [2.45, 2.75) is 13.8 Å². The van der Waals surface area contributed by atoms with E-state index in [4.69, 9.17) is 5.21 Å². The molecule has 0 saturated heterocycles. The van der Waals surface area contributed by atoms with Gasteiger partial charge in [0, 0.05) is 17.7 Å². The number of benzene rings is 2. The fourth-order valence-corrected chi connectivity index (χ4v) is 2.76. The number of hydroxylamine groups is 1. The van der Waals surface area contributed by atoms with Crippen LogP contribution in [0.25, 0.3) is 22.7 Å². The van der Waals surface area contributed by atoms with Crippen LogP contribution in [0.4, 0.5) is 4.39 Å². The molecule has 3 aromatic rings. The van der Waals surface area contributed by atoms with Gasteiger partial charge in [0.05, 0.1) is 16.6 Å². The number of aromatic nitrogens is 2. The van der Waals surface area contributed by atoms with Crippen LogP contribution in [0.15, 0.2) is 47.3 Å². The third-order valence-corrected chi connectivity index (χ3v) is 4.04. The normalized spacial score (nSPS) is 11.2. The molecule has 26 heavy (non-hydrogen) atoms. The molecule has 2 aromatic carbocycles. The van der Waals surface area contributed by atoms with E-state index in [-0.39, 0.29) is 22.0 Å². The Balaban J connectivity index is 2.26. The zero-order valence-electron chi connectivity index (χ0n) is 14.2. The highest BCUT2D eigenvalue weighted by Gasteiger charge is 2.14. The maximum Gasteiger partial charge on any atom is 0.267 e. The predicted octanol–water partition coefficient (Wildman–Crippen LogP) is 2.66. The number of carbonyl (C=O) groups is 1. The average Bonchev–Trinajstić information content (AvgIpc) is 2.61. The van der Waals surface area contributed by atoms with Crippen LogP contribution in [0.1, 0.15) is 17.0 Å². The molecular weight excluding hydrogens is 337 g/mol. The topological polar surface area (TPSA) is 84.2 Å². The minimum absolute atomic E-state index is 0.0418. The van der Waals surface area contributed by atoms with Gasteiger partial charge in [-0.25, -0.2) is 14.9 Å². The maximum absolute atomic E-state index is 14.2. The van der Waals surface area contributed by atoms with Crippen LogP contribution >= 0.6 is 0 Å². The molecule has 1 heterocycles. The summed E-state index contributed by atoms with van der Waals surface area (Å²) in [4.78, 5) is 28.5. The van der Waals surface area contributed by atoms with Crippen LogP contribution in [0.5, 0.6) is 0 Å². The van der Waals surface area contributed by atoms with Crippen molar-refractivity contribution < 1.29 is 14.4 Å². The Labute approximate surface area is 148 Å². The highest BCUT2D eigenvalue weighted by atomic mass is 19.1. The van der Waals surface area contributed by atoms with E-state index in [1.54, 1.807) is 6.92 Å². The number of rotatable bonds is 3. The summed E-state index contributed by atoms with van der Waals surface area (Å²) in [5.41, 5.74) is 2.97. The van der Waals surface area contributed by atoms with E-state index in [0.717, 1.165) is 17.7 Å². The molecule has 0 aliphatic heterocycles. The Hall–Kier alpha value is -3.32. The lowest BCUT2D eigenvalue weighted by atomic mass is 10.1. The zero-order valence-corrected chi connectivity index (χ0v) is 14.2. The van der Waals surface area contributed by atoms with E-state index in [1.807, 2.05) is 31.2 Å². The van der Waals surface area contributed by atoms with Crippen LogP contribution in [0.3, 0.4) is 0 Å². The average molecular weight is 353 g/mol. The number of nitrogens with one attached hydrogen (secondary N) is 1. The number of aryl methyl sites for hydroxylation is 2. The first-order valence-corrected chi connectivity index (χ1v) is 7.83. The van der Waals surface area contributed by atoms with Crippen molar-refractivity contribution in [3.05, 3.63) is 75.6 Å². The summed E-state index contributed by atoms with van der Waals surface area (Å²) < 4.78 is 15.7. The third kappa shape index (κ3) is 3.12. The standard InChI is InChI=1S/C19H16FN3O3/c1-11-5-3-4-6-17(11)23-12(2)21-16-10-15(20)13(7-8-18(24)22-26)9-14(16)19(23)25/h3-10,26H,1-2H3,(H,22,24)/b8-7+. The quantitative estimate of drug-likeness (QED) is 0.431. The Morgan fingerprint density at radius 2 is 2.00 bits per heavy atom. The van der Waals surface area contributed by atoms with Crippen LogP contribution < -0.4 is 11.0 Å². The van der Waals surface area contributed by atoms with Gasteiger partial charge in [-0.05, 0) is 37.6 Å². The van der Waals surface area contributed by atoms with E-state index >= 15 is 0 Å². The number of nitrogens with zero attached hydrogens (tertiary/aromatic N) is 2. The summed E-state index contributed by atoms with van der Waals surface area (Å²) in [7, 11) is 0. The molecule has 2 N–H and O–H groups in total. The molecule has 3 rings (SSSR count). The zero-order chi connectivity index (χ0) is 18.8. The molecule has 132 valence electrons. The van der Waals surface area contributed by atoms with Gasteiger partial charge in [-0.15, -0.1) is 0 Å². The second-order valence-corrected chi connectivity index (χ2v) is 5.79. The summed E-state index contributed by atoms with van der Waals surface area (Å²) in [6, 6.07) is 9.89. The van der Waals surface area contributed by atoms with Gasteiger partial charge in [0.25, 0.3) is 11.5 Å². The predicted molar refractivity (Wildman–Crippen MR) is 95.7 cm³/mol. The number of hydrogen-bond donors (Lipinski definition) is 2. The Bertz CT molecular complexity index is 1100. The first-order valence-electron chi connectivity index (χ1n) is 7.83. The largest absolute Gasteiger partial charge is 0.288 e. The number of halogens is 1. The van der Waals surface area contributed by atoms with Crippen LogP contribution in [-0.2, 0) is 4.79 Å². The molecule has 1 amide bonds. The van der Waals surface area contributed by atoms with E-state index in [1.165, 1.54) is 22.2 Å². The lowest BCUT2D eigenvalue weighted by Gasteiger charge is -2.13. The molecule has 1 aromatic heterocycles. The lowest BCUT2D eigenvalue weighted by Crippen LogP contribution is -2.23. The summed E-state index contributed by atoms with van der Waals surface area (Å²) in [5.74, 6) is -0.984. The number of para-hydroxylation sites is 1. The van der Waals surface area contributed by atoms with Gasteiger partial charge in [-0.1, -0.05) is 18.2 Å². The maximum atomic E-state index is 14.2. The van der Waals surface area contributed by atoms with Crippen molar-refractivity contribution in [1.82, 2.24) is 15.0 Å². The smallest absolute Gasteiger partial charge is 0.267 e. The van der Waals surface area contributed by atoms with E-state index < -0.39 is 11.7 Å². The molecule has 0 saturated carbocycles. The Morgan fingerprint density at radius 1 is 1.27 bits per heavy atom. The minimum Gasteiger partial charge on any atom is -0.288 e. The van der Waals surface area contributed by atoms with Gasteiger partial charge in [0.2, 0.25) is 0 Å². The van der Waals surface area contributed by atoms with E-state index in [0.29, 0.717) is 11.5 Å². The van der Waals surface area contributed by atoms with Gasteiger partial charge in [0.15, 0.2) is 0 Å². The van der Waals surface area contributed by atoms with Crippen LogP contribution in [0.2, 0.25) is 0 Å². The second-order valence-electron chi connectivity index (χ2n) is 5.79. The number of hydrogen-bond acceptors (Lipinski definition) is 4. The third-order valence-electron chi connectivity index (χ3n) is 4.04. The van der Waals surface area contributed by atoms with Gasteiger partial charge in [-0.2, -0.15) is 0 Å².